The Morgan fingerprint density at radius 1 is 1.44 bits per heavy atom. The molecule has 2 rings (SSSR count). The van der Waals surface area contributed by atoms with Gasteiger partial charge in [0.25, 0.3) is 0 Å². The van der Waals surface area contributed by atoms with Crippen molar-refractivity contribution < 1.29 is 13.6 Å². The predicted molar refractivity (Wildman–Crippen MR) is 60.0 cm³/mol. The van der Waals surface area contributed by atoms with Crippen molar-refractivity contribution in [2.45, 2.75) is 24.7 Å². The van der Waals surface area contributed by atoms with Crippen molar-refractivity contribution in [2.24, 2.45) is 0 Å². The molecule has 1 amide bonds. The Morgan fingerprint density at radius 2 is 2.19 bits per heavy atom. The molecule has 1 aliphatic heterocycles. The maximum Gasteiger partial charge on any atom is 0.227 e. The highest BCUT2D eigenvalue weighted by atomic mass is 32.2. The Labute approximate surface area is 96.5 Å². The fraction of sp³-hybridized carbons (Fsp3) is 0.364. The van der Waals surface area contributed by atoms with Gasteiger partial charge in [-0.3, -0.25) is 9.00 Å². The molecule has 4 nitrogen and oxygen atoms in total. The van der Waals surface area contributed by atoms with Gasteiger partial charge in [0.1, 0.15) is 0 Å². The fourth-order valence-electron chi connectivity index (χ4n) is 1.98. The van der Waals surface area contributed by atoms with Crippen molar-refractivity contribution in [3.8, 4) is 0 Å². The van der Waals surface area contributed by atoms with Crippen LogP contribution < -0.4 is 4.90 Å². The molecule has 16 heavy (non-hydrogen) atoms. The van der Waals surface area contributed by atoms with E-state index in [1.165, 1.54) is 0 Å². The van der Waals surface area contributed by atoms with Crippen LogP contribution >= 0.6 is 0 Å². The summed E-state index contributed by atoms with van der Waals surface area (Å²) in [6.45, 7) is 2.40. The van der Waals surface area contributed by atoms with Crippen LogP contribution in [0.5, 0.6) is 0 Å². The zero-order chi connectivity index (χ0) is 11.7. The van der Waals surface area contributed by atoms with Crippen LogP contribution in [-0.2, 0) is 15.9 Å². The van der Waals surface area contributed by atoms with E-state index < -0.39 is 11.1 Å². The van der Waals surface area contributed by atoms with Gasteiger partial charge in [-0.25, -0.2) is 0 Å². The molecular weight excluding hydrogens is 226 g/mol. The van der Waals surface area contributed by atoms with E-state index in [-0.39, 0.29) is 10.8 Å². The van der Waals surface area contributed by atoms with Gasteiger partial charge in [-0.2, -0.15) is 0 Å². The van der Waals surface area contributed by atoms with E-state index in [1.807, 2.05) is 0 Å². The van der Waals surface area contributed by atoms with Crippen molar-refractivity contribution >= 4 is 22.7 Å². The van der Waals surface area contributed by atoms with Crippen molar-refractivity contribution in [2.75, 3.05) is 11.4 Å². The first kappa shape index (κ1) is 11.3. The summed E-state index contributed by atoms with van der Waals surface area (Å²) in [7, 11) is 0. The summed E-state index contributed by atoms with van der Waals surface area (Å²) in [5.41, 5.74) is 1.36. The SMILES string of the molecule is Cc1c(N2CCCC2=O)cccc1S(=O)[O-]. The summed E-state index contributed by atoms with van der Waals surface area (Å²) in [4.78, 5) is 13.5. The van der Waals surface area contributed by atoms with Crippen molar-refractivity contribution in [3.05, 3.63) is 23.8 Å². The highest BCUT2D eigenvalue weighted by molar-refractivity contribution is 7.79. The van der Waals surface area contributed by atoms with E-state index in [4.69, 9.17) is 0 Å². The summed E-state index contributed by atoms with van der Waals surface area (Å²) in [5, 5.41) is 0. The van der Waals surface area contributed by atoms with Gasteiger partial charge in [0.15, 0.2) is 0 Å². The molecule has 0 radical (unpaired) electrons. The first-order chi connectivity index (χ1) is 7.61. The number of hydrogen-bond donors (Lipinski definition) is 0. The topological polar surface area (TPSA) is 60.4 Å². The van der Waals surface area contributed by atoms with Gasteiger partial charge >= 0.3 is 0 Å². The number of carbonyl (C=O) groups is 1. The zero-order valence-corrected chi connectivity index (χ0v) is 9.75. The Balaban J connectivity index is 2.45. The molecule has 1 fully saturated rings. The van der Waals surface area contributed by atoms with Gasteiger partial charge in [0.05, 0.1) is 0 Å². The van der Waals surface area contributed by atoms with Crippen LogP contribution in [0.25, 0.3) is 0 Å². The standard InChI is InChI=1S/C11H13NO3S/c1-8-9(12-7-3-6-11(12)13)4-2-5-10(8)16(14)15/h2,4-5H,3,6-7H2,1H3,(H,14,15)/p-1. The third kappa shape index (κ3) is 1.88. The smallest absolute Gasteiger partial charge is 0.227 e. The number of benzene rings is 1. The van der Waals surface area contributed by atoms with Crippen LogP contribution in [0.4, 0.5) is 5.69 Å². The summed E-state index contributed by atoms with van der Waals surface area (Å²) in [6.07, 6.45) is 1.38. The van der Waals surface area contributed by atoms with Crippen molar-refractivity contribution in [1.29, 1.82) is 0 Å². The second kappa shape index (κ2) is 4.35. The molecule has 0 N–H and O–H groups in total. The average molecular weight is 238 g/mol. The number of rotatable bonds is 2. The second-order valence-corrected chi connectivity index (χ2v) is 4.69. The maximum atomic E-state index is 11.6. The molecule has 1 aromatic carbocycles. The van der Waals surface area contributed by atoms with Crippen LogP contribution in [0.2, 0.25) is 0 Å². The highest BCUT2D eigenvalue weighted by Gasteiger charge is 2.23. The van der Waals surface area contributed by atoms with Crippen molar-refractivity contribution in [3.63, 3.8) is 0 Å². The van der Waals surface area contributed by atoms with Gasteiger partial charge in [-0.05, 0) is 42.1 Å². The second-order valence-electron chi connectivity index (χ2n) is 3.78. The van der Waals surface area contributed by atoms with Crippen molar-refractivity contribution in [1.82, 2.24) is 0 Å². The molecule has 0 bridgehead atoms. The molecule has 1 aromatic rings. The minimum absolute atomic E-state index is 0.0666. The van der Waals surface area contributed by atoms with Gasteiger partial charge in [-0.1, -0.05) is 6.07 Å². The third-order valence-electron chi connectivity index (χ3n) is 2.80. The zero-order valence-electron chi connectivity index (χ0n) is 8.93. The van der Waals surface area contributed by atoms with E-state index in [2.05, 4.69) is 0 Å². The van der Waals surface area contributed by atoms with E-state index in [0.717, 1.165) is 6.42 Å². The van der Waals surface area contributed by atoms with Gasteiger partial charge in [-0.15, -0.1) is 0 Å². The molecule has 86 valence electrons. The van der Waals surface area contributed by atoms with Gasteiger partial charge < -0.3 is 9.45 Å². The molecule has 0 aliphatic carbocycles. The monoisotopic (exact) mass is 238 g/mol. The number of amides is 1. The molecule has 1 atom stereocenters. The number of anilines is 1. The molecule has 5 heteroatoms. The third-order valence-corrected chi connectivity index (χ3v) is 3.60. The minimum atomic E-state index is -2.25. The Bertz CT molecular complexity index is 459. The molecule has 1 heterocycles. The fourth-order valence-corrected chi connectivity index (χ4v) is 2.52. The maximum absolute atomic E-state index is 11.6. The van der Waals surface area contributed by atoms with Crippen LogP contribution in [0.1, 0.15) is 18.4 Å². The average Bonchev–Trinajstić information content (AvgIpc) is 2.64. The number of hydrogen-bond acceptors (Lipinski definition) is 3. The van der Waals surface area contributed by atoms with Crippen LogP contribution in [-0.4, -0.2) is 21.2 Å². The summed E-state index contributed by atoms with van der Waals surface area (Å²) >= 11 is -2.25. The summed E-state index contributed by atoms with van der Waals surface area (Å²) in [5.74, 6) is 0.0666. The molecule has 1 aliphatic rings. The molecule has 0 saturated carbocycles. The van der Waals surface area contributed by atoms with E-state index >= 15 is 0 Å². The lowest BCUT2D eigenvalue weighted by molar-refractivity contribution is -0.117. The first-order valence-electron chi connectivity index (χ1n) is 5.10. The normalized spacial score (nSPS) is 17.9. The largest absolute Gasteiger partial charge is 0.768 e. The number of carbonyl (C=O) groups excluding carboxylic acids is 1. The van der Waals surface area contributed by atoms with Crippen LogP contribution in [0.3, 0.4) is 0 Å². The summed E-state index contributed by atoms with van der Waals surface area (Å²) < 4.78 is 21.9. The quantitative estimate of drug-likeness (QED) is 0.731. The Kier molecular flexibility index (Phi) is 3.07. The van der Waals surface area contributed by atoms with Gasteiger partial charge in [0.2, 0.25) is 5.91 Å². The predicted octanol–water partition coefficient (Wildman–Crippen LogP) is 1.36. The lowest BCUT2D eigenvalue weighted by atomic mass is 10.2. The molecule has 0 spiro atoms. The lowest BCUT2D eigenvalue weighted by Gasteiger charge is -2.20. The van der Waals surface area contributed by atoms with E-state index in [9.17, 15) is 13.6 Å². The summed E-state index contributed by atoms with van der Waals surface area (Å²) in [6, 6.07) is 5.00. The number of nitrogens with zero attached hydrogens (tertiary/aromatic N) is 1. The Hall–Kier alpha value is -1.20. The van der Waals surface area contributed by atoms with Gasteiger partial charge in [0, 0.05) is 23.5 Å². The molecular formula is C11H12NO3S-. The van der Waals surface area contributed by atoms with E-state index in [1.54, 1.807) is 30.0 Å². The minimum Gasteiger partial charge on any atom is -0.768 e. The molecule has 1 unspecified atom stereocenters. The lowest BCUT2D eigenvalue weighted by Crippen LogP contribution is -2.24. The highest BCUT2D eigenvalue weighted by Crippen LogP contribution is 2.28. The van der Waals surface area contributed by atoms with Crippen LogP contribution in [0, 0.1) is 6.92 Å². The molecule has 0 aromatic heterocycles. The molecule has 1 saturated heterocycles. The Morgan fingerprint density at radius 3 is 2.75 bits per heavy atom. The first-order valence-corrected chi connectivity index (χ1v) is 6.18. The van der Waals surface area contributed by atoms with Crippen LogP contribution in [0.15, 0.2) is 23.1 Å². The van der Waals surface area contributed by atoms with E-state index in [0.29, 0.717) is 24.2 Å².